The van der Waals surface area contributed by atoms with Crippen molar-refractivity contribution in [2.24, 2.45) is 0 Å². The van der Waals surface area contributed by atoms with E-state index in [-0.39, 0.29) is 17.3 Å². The highest BCUT2D eigenvalue weighted by Gasteiger charge is 2.22. The monoisotopic (exact) mass is 436 g/mol. The molecule has 2 aromatic heterocycles. The Bertz CT molecular complexity index is 1270. The fourth-order valence-corrected chi connectivity index (χ4v) is 4.14. The molecule has 1 saturated heterocycles. The van der Waals surface area contributed by atoms with Gasteiger partial charge in [0.05, 0.1) is 14.2 Å². The molecule has 0 radical (unpaired) electrons. The van der Waals surface area contributed by atoms with Crippen molar-refractivity contribution < 1.29 is 13.9 Å². The van der Waals surface area contributed by atoms with Crippen LogP contribution in [0.2, 0.25) is 0 Å². The number of halogens is 1. The predicted octanol–water partition coefficient (Wildman–Crippen LogP) is 3.51. The van der Waals surface area contributed by atoms with E-state index in [1.165, 1.54) is 6.07 Å². The lowest BCUT2D eigenvalue weighted by Gasteiger charge is -2.19. The van der Waals surface area contributed by atoms with Crippen LogP contribution in [0.15, 0.2) is 36.4 Å². The Morgan fingerprint density at radius 3 is 2.88 bits per heavy atom. The van der Waals surface area contributed by atoms with Gasteiger partial charge < -0.3 is 20.1 Å². The van der Waals surface area contributed by atoms with Crippen LogP contribution in [0.3, 0.4) is 0 Å². The molecule has 32 heavy (non-hydrogen) atoms. The quantitative estimate of drug-likeness (QED) is 0.478. The maximum absolute atomic E-state index is 14.6. The first-order chi connectivity index (χ1) is 15.7. The molecule has 1 fully saturated rings. The Balaban J connectivity index is 1.56. The van der Waals surface area contributed by atoms with Crippen LogP contribution in [0.1, 0.15) is 30.1 Å². The van der Waals surface area contributed by atoms with Crippen LogP contribution in [0.25, 0.3) is 16.6 Å². The number of piperidine rings is 1. The maximum atomic E-state index is 14.6. The van der Waals surface area contributed by atoms with Crippen molar-refractivity contribution in [1.29, 1.82) is 0 Å². The van der Waals surface area contributed by atoms with Crippen LogP contribution in [-0.4, -0.2) is 46.9 Å². The summed E-state index contributed by atoms with van der Waals surface area (Å²) in [6.45, 7) is 2.26. The highest BCUT2D eigenvalue weighted by Crippen LogP contribution is 2.28. The number of rotatable bonds is 6. The lowest BCUT2D eigenvalue weighted by Crippen LogP contribution is -2.29. The Kier molecular flexibility index (Phi) is 5.48. The van der Waals surface area contributed by atoms with E-state index in [0.29, 0.717) is 35.0 Å². The van der Waals surface area contributed by atoms with Crippen molar-refractivity contribution in [3.63, 3.8) is 0 Å². The molecule has 9 heteroatoms. The highest BCUT2D eigenvalue weighted by molar-refractivity contribution is 5.92. The minimum atomic E-state index is -0.390. The van der Waals surface area contributed by atoms with Crippen molar-refractivity contribution in [3.8, 4) is 11.5 Å². The highest BCUT2D eigenvalue weighted by atomic mass is 19.1. The number of anilines is 1. The van der Waals surface area contributed by atoms with Crippen LogP contribution in [0.5, 0.6) is 11.5 Å². The Hall–Kier alpha value is -3.46. The molecular weight excluding hydrogens is 411 g/mol. The zero-order chi connectivity index (χ0) is 22.1. The van der Waals surface area contributed by atoms with Gasteiger partial charge in [-0.1, -0.05) is 6.07 Å². The van der Waals surface area contributed by atoms with Crippen molar-refractivity contribution in [2.45, 2.75) is 25.3 Å². The molecule has 0 spiro atoms. The number of aromatic nitrogens is 4. The molecule has 1 aliphatic rings. The molecule has 3 heterocycles. The summed E-state index contributed by atoms with van der Waals surface area (Å²) in [5.41, 5.74) is 1.78. The average Bonchev–Trinajstić information content (AvgIpc) is 3.29. The van der Waals surface area contributed by atoms with Gasteiger partial charge in [0, 0.05) is 36.0 Å². The number of nitrogens with one attached hydrogen (secondary N) is 2. The molecule has 4 aromatic rings. The first-order valence-electron chi connectivity index (χ1n) is 10.7. The van der Waals surface area contributed by atoms with Crippen LogP contribution < -0.4 is 20.1 Å². The number of hydrogen-bond donors (Lipinski definition) is 2. The molecule has 1 atom stereocenters. The first-order valence-corrected chi connectivity index (χ1v) is 10.7. The second-order valence-electron chi connectivity index (χ2n) is 7.85. The smallest absolute Gasteiger partial charge is 0.226 e. The molecular formula is C23H25FN6O2. The number of methoxy groups -OCH3 is 2. The number of fused-ring (bicyclic) bond motifs is 3. The van der Waals surface area contributed by atoms with Crippen LogP contribution >= 0.6 is 0 Å². The molecule has 0 amide bonds. The predicted molar refractivity (Wildman–Crippen MR) is 120 cm³/mol. The summed E-state index contributed by atoms with van der Waals surface area (Å²) in [7, 11) is 3.23. The fourth-order valence-electron chi connectivity index (χ4n) is 4.14. The van der Waals surface area contributed by atoms with Gasteiger partial charge in [-0.2, -0.15) is 4.52 Å². The van der Waals surface area contributed by atoms with Gasteiger partial charge in [0.25, 0.3) is 0 Å². The summed E-state index contributed by atoms with van der Waals surface area (Å²) in [5, 5.41) is 12.1. The molecule has 8 nitrogen and oxygen atoms in total. The molecule has 5 rings (SSSR count). The van der Waals surface area contributed by atoms with Gasteiger partial charge in [-0.15, -0.1) is 5.10 Å². The summed E-state index contributed by atoms with van der Waals surface area (Å²) in [4.78, 5) is 9.36. The number of nitrogens with zero attached hydrogens (tertiary/aromatic N) is 4. The average molecular weight is 436 g/mol. The van der Waals surface area contributed by atoms with Gasteiger partial charge in [-0.3, -0.25) is 0 Å². The zero-order valence-electron chi connectivity index (χ0n) is 18.1. The van der Waals surface area contributed by atoms with Crippen LogP contribution in [0.4, 0.5) is 10.3 Å². The Morgan fingerprint density at radius 2 is 2.09 bits per heavy atom. The van der Waals surface area contributed by atoms with E-state index in [4.69, 9.17) is 19.6 Å². The molecule has 2 N–H and O–H groups in total. The van der Waals surface area contributed by atoms with E-state index in [9.17, 15) is 4.39 Å². The van der Waals surface area contributed by atoms with E-state index in [2.05, 4.69) is 15.6 Å². The Labute approximate surface area is 184 Å². The lowest BCUT2D eigenvalue weighted by atomic mass is 9.99. The Morgan fingerprint density at radius 1 is 1.19 bits per heavy atom. The standard InChI is InChI=1S/C23H25FN6O2/c1-31-16-9-8-14(19(11-16)32-2)13-26-23-27-20-17(6-3-7-18(20)24)22-28-21(29-30(22)23)15-5-4-10-25-12-15/h3,6-9,11,15,25H,4-5,10,12-13H2,1-2H3,(H,26,27). The second-order valence-corrected chi connectivity index (χ2v) is 7.85. The van der Waals surface area contributed by atoms with Gasteiger partial charge in [0.1, 0.15) is 22.8 Å². The van der Waals surface area contributed by atoms with E-state index >= 15 is 0 Å². The van der Waals surface area contributed by atoms with Crippen molar-refractivity contribution in [3.05, 3.63) is 53.6 Å². The normalized spacial score (nSPS) is 16.4. The van der Waals surface area contributed by atoms with Gasteiger partial charge in [0.15, 0.2) is 11.5 Å². The largest absolute Gasteiger partial charge is 0.497 e. The van der Waals surface area contributed by atoms with Gasteiger partial charge in [-0.05, 0) is 43.7 Å². The molecule has 2 aromatic carbocycles. The summed E-state index contributed by atoms with van der Waals surface area (Å²) < 4.78 is 27.1. The first kappa shape index (κ1) is 20.4. The third-order valence-electron chi connectivity index (χ3n) is 5.86. The fraction of sp³-hybridized carbons (Fsp3) is 0.348. The van der Waals surface area contributed by atoms with Gasteiger partial charge in [-0.25, -0.2) is 14.4 Å². The SMILES string of the molecule is COc1ccc(CNc2nc3c(F)cccc3c3nc(C4CCCNC4)nn23)c(OC)c1. The summed E-state index contributed by atoms with van der Waals surface area (Å²) in [5.74, 6) is 2.41. The topological polar surface area (TPSA) is 85.6 Å². The maximum Gasteiger partial charge on any atom is 0.226 e. The molecule has 1 unspecified atom stereocenters. The third kappa shape index (κ3) is 3.69. The van der Waals surface area contributed by atoms with Crippen molar-refractivity contribution >= 4 is 22.5 Å². The minimum absolute atomic E-state index is 0.224. The summed E-state index contributed by atoms with van der Waals surface area (Å²) >= 11 is 0. The molecule has 1 aliphatic heterocycles. The van der Waals surface area contributed by atoms with Crippen LogP contribution in [0, 0.1) is 5.82 Å². The molecule has 0 aliphatic carbocycles. The summed E-state index contributed by atoms with van der Waals surface area (Å²) in [6.07, 6.45) is 2.10. The molecule has 166 valence electrons. The minimum Gasteiger partial charge on any atom is -0.497 e. The lowest BCUT2D eigenvalue weighted by molar-refractivity contribution is 0.391. The van der Waals surface area contributed by atoms with Gasteiger partial charge in [0.2, 0.25) is 5.95 Å². The molecule has 0 saturated carbocycles. The number of ether oxygens (including phenoxy) is 2. The third-order valence-corrected chi connectivity index (χ3v) is 5.86. The van der Waals surface area contributed by atoms with E-state index in [1.54, 1.807) is 24.8 Å². The number of para-hydroxylation sites is 1. The van der Waals surface area contributed by atoms with Crippen molar-refractivity contribution in [2.75, 3.05) is 32.6 Å². The van der Waals surface area contributed by atoms with Gasteiger partial charge >= 0.3 is 0 Å². The van der Waals surface area contributed by atoms with E-state index < -0.39 is 0 Å². The van der Waals surface area contributed by atoms with Crippen LogP contribution in [-0.2, 0) is 6.54 Å². The summed E-state index contributed by atoms with van der Waals surface area (Å²) in [6, 6.07) is 10.5. The van der Waals surface area contributed by atoms with Crippen molar-refractivity contribution in [1.82, 2.24) is 24.9 Å². The second kappa shape index (κ2) is 8.58. The number of benzene rings is 2. The van der Waals surface area contributed by atoms with E-state index in [1.807, 2.05) is 24.3 Å². The zero-order valence-corrected chi connectivity index (χ0v) is 18.1. The van der Waals surface area contributed by atoms with E-state index in [0.717, 1.165) is 37.3 Å². The number of hydrogen-bond acceptors (Lipinski definition) is 7. The molecule has 0 bridgehead atoms.